The molecule has 0 aliphatic heterocycles. The first-order chi connectivity index (χ1) is 12.0. The average Bonchev–Trinajstić information content (AvgIpc) is 2.59. The van der Waals surface area contributed by atoms with E-state index in [1.807, 2.05) is 12.1 Å². The SMILES string of the molecule is O=C(Cn1ccc2ccccc2c1=O)Nc1ccc(OC(F)F)cc1. The first kappa shape index (κ1) is 16.6. The van der Waals surface area contributed by atoms with Crippen molar-refractivity contribution in [1.29, 1.82) is 0 Å². The van der Waals surface area contributed by atoms with E-state index in [0.717, 1.165) is 5.39 Å². The third-order valence-corrected chi connectivity index (χ3v) is 3.56. The smallest absolute Gasteiger partial charge is 0.387 e. The van der Waals surface area contributed by atoms with Crippen molar-refractivity contribution in [3.8, 4) is 5.75 Å². The number of nitrogens with one attached hydrogen (secondary N) is 1. The fourth-order valence-electron chi connectivity index (χ4n) is 2.43. The molecule has 2 aromatic carbocycles. The maximum absolute atomic E-state index is 12.4. The number of carbonyl (C=O) groups is 1. The Bertz CT molecular complexity index is 952. The zero-order valence-electron chi connectivity index (χ0n) is 13.0. The van der Waals surface area contributed by atoms with Crippen molar-refractivity contribution in [2.75, 3.05) is 5.32 Å². The third-order valence-electron chi connectivity index (χ3n) is 3.56. The van der Waals surface area contributed by atoms with Crippen LogP contribution in [0.4, 0.5) is 14.5 Å². The van der Waals surface area contributed by atoms with Crippen LogP contribution in [0.15, 0.2) is 65.6 Å². The highest BCUT2D eigenvalue weighted by atomic mass is 19.3. The molecule has 1 amide bonds. The van der Waals surface area contributed by atoms with Crippen LogP contribution in [0.2, 0.25) is 0 Å². The second-order valence-electron chi connectivity index (χ2n) is 5.29. The Morgan fingerprint density at radius 2 is 1.80 bits per heavy atom. The molecule has 3 aromatic rings. The molecule has 5 nitrogen and oxygen atoms in total. The first-order valence-electron chi connectivity index (χ1n) is 7.46. The number of fused-ring (bicyclic) bond motifs is 1. The van der Waals surface area contributed by atoms with Gasteiger partial charge in [0.05, 0.1) is 0 Å². The average molecular weight is 344 g/mol. The second-order valence-corrected chi connectivity index (χ2v) is 5.29. The van der Waals surface area contributed by atoms with Crippen LogP contribution < -0.4 is 15.6 Å². The van der Waals surface area contributed by atoms with Crippen LogP contribution >= 0.6 is 0 Å². The van der Waals surface area contributed by atoms with Gasteiger partial charge in [-0.2, -0.15) is 8.78 Å². The van der Waals surface area contributed by atoms with Crippen LogP contribution in [0.25, 0.3) is 10.8 Å². The van der Waals surface area contributed by atoms with Gasteiger partial charge in [0.2, 0.25) is 5.91 Å². The summed E-state index contributed by atoms with van der Waals surface area (Å²) in [5.41, 5.74) is 0.161. The Labute approximate surface area is 141 Å². The van der Waals surface area contributed by atoms with Crippen molar-refractivity contribution < 1.29 is 18.3 Å². The monoisotopic (exact) mass is 344 g/mol. The highest BCUT2D eigenvalue weighted by Crippen LogP contribution is 2.17. The Balaban J connectivity index is 1.70. The molecule has 0 aliphatic rings. The van der Waals surface area contributed by atoms with Gasteiger partial charge < -0.3 is 14.6 Å². The maximum atomic E-state index is 12.4. The summed E-state index contributed by atoms with van der Waals surface area (Å²) < 4.78 is 29.7. The molecule has 0 aliphatic carbocycles. The van der Waals surface area contributed by atoms with Crippen LogP contribution in [0.5, 0.6) is 5.75 Å². The number of amides is 1. The summed E-state index contributed by atoms with van der Waals surface area (Å²) in [7, 11) is 0. The normalized spacial score (nSPS) is 10.8. The summed E-state index contributed by atoms with van der Waals surface area (Å²) >= 11 is 0. The Morgan fingerprint density at radius 1 is 1.08 bits per heavy atom. The minimum Gasteiger partial charge on any atom is -0.435 e. The van der Waals surface area contributed by atoms with E-state index in [1.54, 1.807) is 24.4 Å². The lowest BCUT2D eigenvalue weighted by atomic mass is 10.2. The zero-order valence-corrected chi connectivity index (χ0v) is 13.0. The first-order valence-corrected chi connectivity index (χ1v) is 7.46. The number of ether oxygens (including phenoxy) is 1. The van der Waals surface area contributed by atoms with E-state index in [4.69, 9.17) is 0 Å². The van der Waals surface area contributed by atoms with E-state index in [-0.39, 0.29) is 17.9 Å². The quantitative estimate of drug-likeness (QED) is 0.773. The second kappa shape index (κ2) is 7.12. The molecular weight excluding hydrogens is 330 g/mol. The van der Waals surface area contributed by atoms with Crippen molar-refractivity contribution in [3.05, 3.63) is 71.1 Å². The van der Waals surface area contributed by atoms with Crippen molar-refractivity contribution in [2.45, 2.75) is 13.2 Å². The summed E-state index contributed by atoms with van der Waals surface area (Å²) in [6.07, 6.45) is 1.56. The molecule has 1 N–H and O–H groups in total. The Hall–Kier alpha value is -3.22. The number of carbonyl (C=O) groups excluding carboxylic acids is 1. The third kappa shape index (κ3) is 4.00. The number of benzene rings is 2. The molecule has 3 rings (SSSR count). The fraction of sp³-hybridized carbons (Fsp3) is 0.111. The van der Waals surface area contributed by atoms with E-state index < -0.39 is 12.5 Å². The molecule has 7 heteroatoms. The fourth-order valence-corrected chi connectivity index (χ4v) is 2.43. The number of alkyl halides is 2. The summed E-state index contributed by atoms with van der Waals surface area (Å²) in [6, 6.07) is 14.4. The largest absolute Gasteiger partial charge is 0.435 e. The van der Waals surface area contributed by atoms with E-state index in [1.165, 1.54) is 28.8 Å². The van der Waals surface area contributed by atoms with Crippen LogP contribution in [-0.2, 0) is 11.3 Å². The molecule has 0 spiro atoms. The number of nitrogens with zero attached hydrogens (tertiary/aromatic N) is 1. The van der Waals surface area contributed by atoms with Gasteiger partial charge in [-0.1, -0.05) is 18.2 Å². The zero-order chi connectivity index (χ0) is 17.8. The summed E-state index contributed by atoms with van der Waals surface area (Å²) in [5, 5.41) is 3.94. The molecule has 1 aromatic heterocycles. The number of aromatic nitrogens is 1. The summed E-state index contributed by atoms with van der Waals surface area (Å²) in [4.78, 5) is 24.5. The van der Waals surface area contributed by atoms with Gasteiger partial charge in [0.15, 0.2) is 0 Å². The molecule has 0 atom stereocenters. The molecule has 0 unspecified atom stereocenters. The van der Waals surface area contributed by atoms with E-state index >= 15 is 0 Å². The number of anilines is 1. The van der Waals surface area contributed by atoms with Crippen molar-refractivity contribution >= 4 is 22.4 Å². The molecular formula is C18H14F2N2O3. The van der Waals surface area contributed by atoms with Crippen molar-refractivity contribution in [2.24, 2.45) is 0 Å². The van der Waals surface area contributed by atoms with E-state index in [9.17, 15) is 18.4 Å². The van der Waals surface area contributed by atoms with Gasteiger partial charge in [-0.3, -0.25) is 9.59 Å². The lowest BCUT2D eigenvalue weighted by Gasteiger charge is -2.09. The Kier molecular flexibility index (Phi) is 4.74. The molecule has 1 heterocycles. The highest BCUT2D eigenvalue weighted by molar-refractivity contribution is 5.91. The highest BCUT2D eigenvalue weighted by Gasteiger charge is 2.08. The van der Waals surface area contributed by atoms with E-state index in [0.29, 0.717) is 11.1 Å². The van der Waals surface area contributed by atoms with Crippen LogP contribution in [0.1, 0.15) is 0 Å². The molecule has 25 heavy (non-hydrogen) atoms. The van der Waals surface area contributed by atoms with E-state index in [2.05, 4.69) is 10.1 Å². The minimum absolute atomic E-state index is 0.00116. The summed E-state index contributed by atoms with van der Waals surface area (Å²) in [5.74, 6) is -0.404. The van der Waals surface area contributed by atoms with Crippen LogP contribution in [0.3, 0.4) is 0 Å². The van der Waals surface area contributed by atoms with Crippen LogP contribution in [0, 0.1) is 0 Å². The molecule has 0 radical (unpaired) electrons. The Morgan fingerprint density at radius 3 is 2.52 bits per heavy atom. The topological polar surface area (TPSA) is 60.3 Å². The molecule has 128 valence electrons. The van der Waals surface area contributed by atoms with Gasteiger partial charge in [0.25, 0.3) is 5.56 Å². The summed E-state index contributed by atoms with van der Waals surface area (Å²) in [6.45, 7) is -3.06. The van der Waals surface area contributed by atoms with Gasteiger partial charge in [0, 0.05) is 17.3 Å². The molecule has 0 bridgehead atoms. The standard InChI is InChI=1S/C18H14F2N2O3/c19-18(20)25-14-7-5-13(6-8-14)21-16(23)11-22-10-9-12-3-1-2-4-15(12)17(22)24/h1-10,18H,11H2,(H,21,23). The predicted octanol–water partition coefficient (Wildman–Crippen LogP) is 3.24. The van der Waals surface area contributed by atoms with Gasteiger partial charge in [-0.15, -0.1) is 0 Å². The predicted molar refractivity (Wildman–Crippen MR) is 89.9 cm³/mol. The minimum atomic E-state index is -2.90. The maximum Gasteiger partial charge on any atom is 0.387 e. The lowest BCUT2D eigenvalue weighted by molar-refractivity contribution is -0.116. The molecule has 0 fully saturated rings. The number of hydrogen-bond acceptors (Lipinski definition) is 3. The van der Waals surface area contributed by atoms with Gasteiger partial charge >= 0.3 is 6.61 Å². The number of rotatable bonds is 5. The van der Waals surface area contributed by atoms with Crippen molar-refractivity contribution in [1.82, 2.24) is 4.57 Å². The number of halogens is 2. The van der Waals surface area contributed by atoms with Crippen molar-refractivity contribution in [3.63, 3.8) is 0 Å². The van der Waals surface area contributed by atoms with Gasteiger partial charge in [-0.05, 0) is 41.8 Å². The van der Waals surface area contributed by atoms with Gasteiger partial charge in [0.1, 0.15) is 12.3 Å². The number of pyridine rings is 1. The molecule has 0 saturated heterocycles. The van der Waals surface area contributed by atoms with Gasteiger partial charge in [-0.25, -0.2) is 0 Å². The lowest BCUT2D eigenvalue weighted by Crippen LogP contribution is -2.27. The molecule has 0 saturated carbocycles. The van der Waals surface area contributed by atoms with Crippen LogP contribution in [-0.4, -0.2) is 17.1 Å². The number of hydrogen-bond donors (Lipinski definition) is 1.